The van der Waals surface area contributed by atoms with E-state index in [4.69, 9.17) is 14.5 Å². The van der Waals surface area contributed by atoms with Gasteiger partial charge in [-0.2, -0.15) is 10.2 Å². The minimum atomic E-state index is -0.0394. The number of hydrogen-bond acceptors (Lipinski definition) is 7. The van der Waals surface area contributed by atoms with Crippen LogP contribution in [0.15, 0.2) is 46.3 Å². The van der Waals surface area contributed by atoms with Crippen LogP contribution < -0.4 is 9.64 Å². The first kappa shape index (κ1) is 20.6. The zero-order chi connectivity index (χ0) is 20.5. The van der Waals surface area contributed by atoms with Gasteiger partial charge in [0.05, 0.1) is 24.0 Å². The summed E-state index contributed by atoms with van der Waals surface area (Å²) in [5, 5.41) is 14.9. The Labute approximate surface area is 173 Å². The van der Waals surface area contributed by atoms with E-state index >= 15 is 0 Å². The Morgan fingerprint density at radius 3 is 2.83 bits per heavy atom. The Hall–Kier alpha value is -3.18. The quantitative estimate of drug-likeness (QED) is 0.490. The van der Waals surface area contributed by atoms with Crippen molar-refractivity contribution in [2.75, 3.05) is 18.1 Å². The van der Waals surface area contributed by atoms with E-state index in [1.165, 1.54) is 0 Å². The number of aryl methyl sites for hydroxylation is 1. The highest BCUT2D eigenvalue weighted by Gasteiger charge is 2.16. The topological polar surface area (TPSA) is 92.2 Å². The fraction of sp³-hybridized carbons (Fsp3) is 0.333. The number of nitriles is 1. The summed E-state index contributed by atoms with van der Waals surface area (Å²) in [5.41, 5.74) is 0.756. The minimum Gasteiger partial charge on any atom is -0.494 e. The summed E-state index contributed by atoms with van der Waals surface area (Å²) in [6.07, 6.45) is 1.71. The van der Waals surface area contributed by atoms with E-state index in [1.54, 1.807) is 16.2 Å². The van der Waals surface area contributed by atoms with Crippen molar-refractivity contribution in [3.63, 3.8) is 0 Å². The van der Waals surface area contributed by atoms with Crippen molar-refractivity contribution in [1.82, 2.24) is 10.1 Å². The van der Waals surface area contributed by atoms with E-state index in [-0.39, 0.29) is 12.3 Å². The van der Waals surface area contributed by atoms with Crippen LogP contribution in [0.4, 0.5) is 5.69 Å². The first-order chi connectivity index (χ1) is 14.2. The van der Waals surface area contributed by atoms with Gasteiger partial charge >= 0.3 is 0 Å². The summed E-state index contributed by atoms with van der Waals surface area (Å²) in [5.74, 6) is 1.81. The number of benzene rings is 1. The molecule has 3 rings (SSSR count). The van der Waals surface area contributed by atoms with Crippen LogP contribution in [0, 0.1) is 11.3 Å². The van der Waals surface area contributed by atoms with Gasteiger partial charge in [0, 0.05) is 25.1 Å². The number of thiophene rings is 1. The Bertz CT molecular complexity index is 945. The van der Waals surface area contributed by atoms with E-state index in [1.807, 2.05) is 48.7 Å². The van der Waals surface area contributed by atoms with Gasteiger partial charge in [-0.1, -0.05) is 11.2 Å². The number of nitrogens with zero attached hydrogens (tertiary/aromatic N) is 4. The second-order valence-electron chi connectivity index (χ2n) is 6.22. The number of carbonyl (C=O) groups excluding carboxylic acids is 1. The Balaban J connectivity index is 1.57. The molecule has 2 aromatic heterocycles. The van der Waals surface area contributed by atoms with Crippen molar-refractivity contribution in [3.05, 3.63) is 47.7 Å². The second-order valence-corrected chi connectivity index (χ2v) is 7.17. The van der Waals surface area contributed by atoms with Gasteiger partial charge in [0.15, 0.2) is 0 Å². The molecule has 0 saturated carbocycles. The summed E-state index contributed by atoms with van der Waals surface area (Å²) >= 11 is 1.55. The lowest BCUT2D eigenvalue weighted by Crippen LogP contribution is -2.31. The van der Waals surface area contributed by atoms with Gasteiger partial charge in [0.25, 0.3) is 0 Å². The Kier molecular flexibility index (Phi) is 7.36. The number of amides is 1. The summed E-state index contributed by atoms with van der Waals surface area (Å²) in [7, 11) is 0. The highest BCUT2D eigenvalue weighted by molar-refractivity contribution is 7.13. The largest absolute Gasteiger partial charge is 0.494 e. The molecule has 0 unspecified atom stereocenters. The fourth-order valence-corrected chi connectivity index (χ4v) is 3.49. The molecule has 0 fully saturated rings. The van der Waals surface area contributed by atoms with E-state index in [0.717, 1.165) is 16.3 Å². The van der Waals surface area contributed by atoms with Crippen LogP contribution in [0.2, 0.25) is 0 Å². The van der Waals surface area contributed by atoms with Crippen LogP contribution in [0.3, 0.4) is 0 Å². The first-order valence-corrected chi connectivity index (χ1v) is 10.4. The molecule has 7 nitrogen and oxygen atoms in total. The highest BCUT2D eigenvalue weighted by atomic mass is 32.1. The van der Waals surface area contributed by atoms with Gasteiger partial charge in [0.2, 0.25) is 17.6 Å². The molecular weight excluding hydrogens is 388 g/mol. The summed E-state index contributed by atoms with van der Waals surface area (Å²) in [6.45, 7) is 2.86. The van der Waals surface area contributed by atoms with Crippen molar-refractivity contribution >= 4 is 22.9 Å². The number of aromatic nitrogens is 2. The van der Waals surface area contributed by atoms with Gasteiger partial charge in [-0.05, 0) is 49.1 Å². The van der Waals surface area contributed by atoms with Crippen LogP contribution in [-0.4, -0.2) is 29.2 Å². The predicted octanol–water partition coefficient (Wildman–Crippen LogP) is 4.47. The van der Waals surface area contributed by atoms with Crippen LogP contribution in [-0.2, 0) is 11.2 Å². The van der Waals surface area contributed by atoms with E-state index < -0.39 is 0 Å². The van der Waals surface area contributed by atoms with Crippen molar-refractivity contribution in [2.24, 2.45) is 0 Å². The Morgan fingerprint density at radius 2 is 2.14 bits per heavy atom. The molecule has 0 aliphatic heterocycles. The molecule has 0 radical (unpaired) electrons. The summed E-state index contributed by atoms with van der Waals surface area (Å²) in [4.78, 5) is 19.7. The number of carbonyl (C=O) groups is 1. The normalized spacial score (nSPS) is 10.5. The lowest BCUT2D eigenvalue weighted by atomic mass is 10.2. The lowest BCUT2D eigenvalue weighted by Gasteiger charge is -2.22. The van der Waals surface area contributed by atoms with E-state index in [9.17, 15) is 4.79 Å². The second kappa shape index (κ2) is 10.4. The zero-order valence-corrected chi connectivity index (χ0v) is 17.0. The number of anilines is 1. The first-order valence-electron chi connectivity index (χ1n) is 9.48. The molecule has 0 atom stereocenters. The molecule has 0 aliphatic rings. The molecule has 8 heteroatoms. The van der Waals surface area contributed by atoms with E-state index in [0.29, 0.717) is 44.1 Å². The van der Waals surface area contributed by atoms with Gasteiger partial charge < -0.3 is 14.2 Å². The van der Waals surface area contributed by atoms with Crippen molar-refractivity contribution in [3.8, 4) is 22.5 Å². The molecule has 1 aromatic carbocycles. The van der Waals surface area contributed by atoms with Crippen LogP contribution in [0.25, 0.3) is 10.7 Å². The maximum Gasteiger partial charge on any atom is 0.227 e. The van der Waals surface area contributed by atoms with Gasteiger partial charge in [-0.25, -0.2) is 0 Å². The third-order valence-corrected chi connectivity index (χ3v) is 5.06. The molecular formula is C21H22N4O3S. The van der Waals surface area contributed by atoms with Gasteiger partial charge in [-0.15, -0.1) is 11.3 Å². The predicted molar refractivity (Wildman–Crippen MR) is 111 cm³/mol. The third kappa shape index (κ3) is 5.65. The fourth-order valence-electron chi connectivity index (χ4n) is 2.84. The Morgan fingerprint density at radius 1 is 1.31 bits per heavy atom. The maximum absolute atomic E-state index is 12.8. The van der Waals surface area contributed by atoms with Crippen molar-refractivity contribution in [1.29, 1.82) is 5.26 Å². The molecule has 0 N–H and O–H groups in total. The highest BCUT2D eigenvalue weighted by Crippen LogP contribution is 2.23. The minimum absolute atomic E-state index is 0.0394. The molecule has 3 aromatic rings. The average Bonchev–Trinajstić information content (AvgIpc) is 3.41. The molecule has 2 heterocycles. The van der Waals surface area contributed by atoms with Gasteiger partial charge in [0.1, 0.15) is 5.75 Å². The van der Waals surface area contributed by atoms with Crippen LogP contribution in [0.5, 0.6) is 5.75 Å². The zero-order valence-electron chi connectivity index (χ0n) is 16.2. The number of hydrogen-bond donors (Lipinski definition) is 0. The molecule has 0 bridgehead atoms. The molecule has 0 saturated heterocycles. The average molecular weight is 410 g/mol. The number of ether oxygens (including phenoxy) is 1. The van der Waals surface area contributed by atoms with Crippen molar-refractivity contribution < 1.29 is 14.1 Å². The van der Waals surface area contributed by atoms with E-state index in [2.05, 4.69) is 16.2 Å². The summed E-state index contributed by atoms with van der Waals surface area (Å²) in [6, 6.07) is 13.3. The van der Waals surface area contributed by atoms with Crippen molar-refractivity contribution in [2.45, 2.75) is 32.6 Å². The lowest BCUT2D eigenvalue weighted by molar-refractivity contribution is -0.118. The van der Waals surface area contributed by atoms with Crippen LogP contribution in [0.1, 0.15) is 32.1 Å². The summed E-state index contributed by atoms with van der Waals surface area (Å²) < 4.78 is 10.7. The molecule has 150 valence electrons. The smallest absolute Gasteiger partial charge is 0.227 e. The standard InChI is InChI=1S/C21H22N4O3S/c1-2-27-17-11-9-16(10-12-17)25(14-5-13-22)20(26)8-3-7-19-23-21(24-28-19)18-6-4-15-29-18/h4,6,9-12,15H,2-3,5,7-8,14H2,1H3. The number of rotatable bonds is 10. The monoisotopic (exact) mass is 410 g/mol. The SMILES string of the molecule is CCOc1ccc(N(CCC#N)C(=O)CCCc2nc(-c3cccs3)no2)cc1. The molecule has 1 amide bonds. The molecule has 29 heavy (non-hydrogen) atoms. The molecule has 0 aliphatic carbocycles. The van der Waals surface area contributed by atoms with Gasteiger partial charge in [-0.3, -0.25) is 4.79 Å². The molecule has 0 spiro atoms. The third-order valence-electron chi connectivity index (χ3n) is 4.20. The maximum atomic E-state index is 12.8. The van der Waals surface area contributed by atoms with Crippen LogP contribution >= 0.6 is 11.3 Å².